The zero-order valence-corrected chi connectivity index (χ0v) is 10.3. The van der Waals surface area contributed by atoms with E-state index < -0.39 is 9.05 Å². The molecule has 6 heteroatoms. The molecule has 2 atom stereocenters. The van der Waals surface area contributed by atoms with Crippen LogP contribution < -0.4 is 0 Å². The fraction of sp³-hybridized carbons (Fsp3) is 1.00. The van der Waals surface area contributed by atoms with Crippen LogP contribution in [0.5, 0.6) is 0 Å². The van der Waals surface area contributed by atoms with Gasteiger partial charge in [-0.1, -0.05) is 0 Å². The minimum Gasteiger partial charge on any atom is -0.303 e. The summed E-state index contributed by atoms with van der Waals surface area (Å²) >= 11 is 0. The number of hydrogen-bond donors (Lipinski definition) is 0. The van der Waals surface area contributed by atoms with Crippen LogP contribution >= 0.6 is 23.1 Å². The number of halogens is 2. The van der Waals surface area contributed by atoms with Gasteiger partial charge >= 0.3 is 0 Å². The summed E-state index contributed by atoms with van der Waals surface area (Å²) in [6, 6.07) is 0. The lowest BCUT2D eigenvalue weighted by Gasteiger charge is -2.32. The molecule has 0 aromatic carbocycles. The summed E-state index contributed by atoms with van der Waals surface area (Å²) in [5.41, 5.74) is -0.0150. The molecule has 0 saturated carbocycles. The van der Waals surface area contributed by atoms with Gasteiger partial charge < -0.3 is 4.90 Å². The Morgan fingerprint density at radius 1 is 1.29 bits per heavy atom. The van der Waals surface area contributed by atoms with Gasteiger partial charge in [-0.05, 0) is 37.8 Å². The third-order valence-corrected chi connectivity index (χ3v) is 4.46. The quantitative estimate of drug-likeness (QED) is 0.705. The summed E-state index contributed by atoms with van der Waals surface area (Å²) in [5.74, 6) is 0.165. The van der Waals surface area contributed by atoms with Crippen LogP contribution in [0.3, 0.4) is 0 Å². The van der Waals surface area contributed by atoms with Crippen LogP contribution in [0.2, 0.25) is 0 Å². The van der Waals surface area contributed by atoms with Crippen LogP contribution in [-0.2, 0) is 9.05 Å². The Morgan fingerprint density at radius 2 is 2.00 bits per heavy atom. The van der Waals surface area contributed by atoms with Crippen molar-refractivity contribution in [2.75, 3.05) is 25.4 Å². The molecular weight excluding hydrogens is 245 g/mol. The minimum absolute atomic E-state index is 0. The molecule has 0 N–H and O–H groups in total. The second kappa shape index (κ2) is 4.16. The van der Waals surface area contributed by atoms with Crippen molar-refractivity contribution in [2.45, 2.75) is 19.3 Å². The Kier molecular flexibility index (Phi) is 3.73. The predicted octanol–water partition coefficient (Wildman–Crippen LogP) is 1.46. The first kappa shape index (κ1) is 12.6. The van der Waals surface area contributed by atoms with Crippen molar-refractivity contribution in [3.8, 4) is 0 Å². The van der Waals surface area contributed by atoms with Crippen LogP contribution in [0.25, 0.3) is 0 Å². The van der Waals surface area contributed by atoms with Gasteiger partial charge in [0.15, 0.2) is 0 Å². The van der Waals surface area contributed by atoms with Gasteiger partial charge in [0.1, 0.15) is 0 Å². The van der Waals surface area contributed by atoms with Crippen LogP contribution in [0.15, 0.2) is 0 Å². The van der Waals surface area contributed by atoms with E-state index in [9.17, 15) is 8.42 Å². The summed E-state index contributed by atoms with van der Waals surface area (Å²) in [4.78, 5) is 2.34. The second-order valence-electron chi connectivity index (χ2n) is 4.31. The Balaban J connectivity index is 0.000000980. The molecule has 3 nitrogen and oxygen atoms in total. The van der Waals surface area contributed by atoms with Crippen LogP contribution in [0.1, 0.15) is 19.3 Å². The molecule has 0 spiro atoms. The molecular formula is C8H15Cl2NO2S. The molecule has 0 aliphatic carbocycles. The van der Waals surface area contributed by atoms with Crippen molar-refractivity contribution in [2.24, 2.45) is 5.41 Å². The topological polar surface area (TPSA) is 37.4 Å². The van der Waals surface area contributed by atoms with Gasteiger partial charge in [-0.15, -0.1) is 12.4 Å². The fourth-order valence-corrected chi connectivity index (χ4v) is 4.46. The lowest BCUT2D eigenvalue weighted by molar-refractivity contribution is 0.203. The first-order valence-corrected chi connectivity index (χ1v) is 7.12. The van der Waals surface area contributed by atoms with E-state index in [1.54, 1.807) is 0 Å². The number of piperidine rings is 1. The highest BCUT2D eigenvalue weighted by Gasteiger charge is 2.43. The van der Waals surface area contributed by atoms with Gasteiger partial charge in [0.25, 0.3) is 0 Å². The third-order valence-electron chi connectivity index (χ3n) is 3.18. The highest BCUT2D eigenvalue weighted by molar-refractivity contribution is 8.13. The monoisotopic (exact) mass is 259 g/mol. The van der Waals surface area contributed by atoms with Crippen molar-refractivity contribution in [1.29, 1.82) is 0 Å². The molecule has 0 radical (unpaired) electrons. The Bertz CT molecular complexity index is 302. The van der Waals surface area contributed by atoms with Gasteiger partial charge in [-0.25, -0.2) is 8.42 Å². The van der Waals surface area contributed by atoms with E-state index in [0.29, 0.717) is 0 Å². The first-order valence-electron chi connectivity index (χ1n) is 4.64. The normalized spacial score (nSPS) is 36.5. The standard InChI is InChI=1S/C8H14ClNO2S.ClH/c9-13(11,12)7-8-2-1-4-10(6-8)5-3-8;/h1-7H2;1H. The first-order chi connectivity index (χ1) is 5.99. The zero-order chi connectivity index (χ0) is 9.53. The largest absolute Gasteiger partial charge is 0.303 e. The van der Waals surface area contributed by atoms with Gasteiger partial charge in [0.05, 0.1) is 5.75 Å². The summed E-state index contributed by atoms with van der Waals surface area (Å²) in [6.45, 7) is 3.11. The molecule has 14 heavy (non-hydrogen) atoms. The van der Waals surface area contributed by atoms with E-state index in [1.165, 1.54) is 0 Å². The van der Waals surface area contributed by atoms with Crippen molar-refractivity contribution >= 4 is 32.1 Å². The maximum atomic E-state index is 11.0. The lowest BCUT2D eigenvalue weighted by Crippen LogP contribution is -2.37. The molecule has 0 amide bonds. The number of fused-ring (bicyclic) bond motifs is 2. The molecule has 2 bridgehead atoms. The molecule has 0 aromatic heterocycles. The Morgan fingerprint density at radius 3 is 2.64 bits per heavy atom. The average molecular weight is 260 g/mol. The van der Waals surface area contributed by atoms with Gasteiger partial charge in [-0.2, -0.15) is 0 Å². The highest BCUT2D eigenvalue weighted by Crippen LogP contribution is 2.40. The molecule has 2 heterocycles. The van der Waals surface area contributed by atoms with E-state index in [-0.39, 0.29) is 23.6 Å². The van der Waals surface area contributed by atoms with E-state index in [4.69, 9.17) is 10.7 Å². The molecule has 2 aliphatic rings. The highest BCUT2D eigenvalue weighted by atomic mass is 35.7. The van der Waals surface area contributed by atoms with Crippen molar-refractivity contribution in [3.05, 3.63) is 0 Å². The van der Waals surface area contributed by atoms with E-state index in [2.05, 4.69) is 4.90 Å². The van der Waals surface area contributed by atoms with Gasteiger partial charge in [0, 0.05) is 17.2 Å². The maximum absolute atomic E-state index is 11.0. The zero-order valence-electron chi connectivity index (χ0n) is 7.91. The maximum Gasteiger partial charge on any atom is 0.233 e. The molecule has 0 aromatic rings. The van der Waals surface area contributed by atoms with E-state index in [0.717, 1.165) is 38.9 Å². The predicted molar refractivity (Wildman–Crippen MR) is 59.6 cm³/mol. The van der Waals surface area contributed by atoms with E-state index in [1.807, 2.05) is 0 Å². The number of hydrogen-bond acceptors (Lipinski definition) is 3. The SMILES string of the molecule is Cl.O=S(=O)(Cl)CC12CCCN(CC1)C2. The molecule has 2 aliphatic heterocycles. The summed E-state index contributed by atoms with van der Waals surface area (Å²) in [5, 5.41) is 0. The van der Waals surface area contributed by atoms with E-state index >= 15 is 0 Å². The Hall–Kier alpha value is 0.490. The average Bonchev–Trinajstić information content (AvgIpc) is 2.23. The van der Waals surface area contributed by atoms with Crippen LogP contribution in [0, 0.1) is 5.41 Å². The van der Waals surface area contributed by atoms with Gasteiger partial charge in [-0.3, -0.25) is 0 Å². The lowest BCUT2D eigenvalue weighted by atomic mass is 9.83. The van der Waals surface area contributed by atoms with Crippen molar-refractivity contribution in [3.63, 3.8) is 0 Å². The minimum atomic E-state index is -3.32. The van der Waals surface area contributed by atoms with Gasteiger partial charge in [0.2, 0.25) is 9.05 Å². The van der Waals surface area contributed by atoms with Crippen molar-refractivity contribution in [1.82, 2.24) is 4.90 Å². The summed E-state index contributed by atoms with van der Waals surface area (Å²) in [7, 11) is 1.98. The second-order valence-corrected chi connectivity index (χ2v) is 7.09. The number of rotatable bonds is 2. The molecule has 84 valence electrons. The Labute approximate surface area is 95.6 Å². The molecule has 2 fully saturated rings. The van der Waals surface area contributed by atoms with Crippen LogP contribution in [-0.4, -0.2) is 38.7 Å². The molecule has 2 saturated heterocycles. The smallest absolute Gasteiger partial charge is 0.233 e. The molecule has 2 rings (SSSR count). The number of nitrogens with zero attached hydrogens (tertiary/aromatic N) is 1. The fourth-order valence-electron chi connectivity index (χ4n) is 2.66. The van der Waals surface area contributed by atoms with Crippen LogP contribution in [0.4, 0.5) is 0 Å². The third kappa shape index (κ3) is 2.75. The van der Waals surface area contributed by atoms with Crippen molar-refractivity contribution < 1.29 is 8.42 Å². The summed E-state index contributed by atoms with van der Waals surface area (Å²) in [6.07, 6.45) is 3.14. The molecule has 2 unspecified atom stereocenters. The summed E-state index contributed by atoms with van der Waals surface area (Å²) < 4.78 is 22.1.